The Morgan fingerprint density at radius 1 is 1.04 bits per heavy atom. The Morgan fingerprint density at radius 3 is 2.46 bits per heavy atom. The predicted octanol–water partition coefficient (Wildman–Crippen LogP) is 1.64. The molecule has 0 fully saturated rings. The molecule has 2 rings (SSSR count). The van der Waals surface area contributed by atoms with Gasteiger partial charge < -0.3 is 16.0 Å². The number of nitrogens with one attached hydrogen (secondary N) is 3. The van der Waals surface area contributed by atoms with E-state index in [1.54, 1.807) is 24.5 Å². The maximum Gasteiger partial charge on any atom is 0.313 e. The van der Waals surface area contributed by atoms with E-state index in [2.05, 4.69) is 20.9 Å². The van der Waals surface area contributed by atoms with Crippen molar-refractivity contribution in [3.63, 3.8) is 0 Å². The normalized spacial score (nSPS) is 10.1. The van der Waals surface area contributed by atoms with Gasteiger partial charge in [0.25, 0.3) is 0 Å². The molecule has 0 unspecified atom stereocenters. The fourth-order valence-corrected chi connectivity index (χ4v) is 2.09. The van der Waals surface area contributed by atoms with Gasteiger partial charge in [-0.3, -0.25) is 19.4 Å². The minimum atomic E-state index is -1.04. The molecule has 1 heterocycles. The third kappa shape index (κ3) is 6.14. The fourth-order valence-electron chi connectivity index (χ4n) is 1.93. The zero-order chi connectivity index (χ0) is 18.9. The molecule has 0 aliphatic rings. The number of nitrogens with zero attached hydrogens (tertiary/aromatic N) is 1. The second-order valence-corrected chi connectivity index (χ2v) is 5.65. The molecular weight excluding hydrogens is 363 g/mol. The van der Waals surface area contributed by atoms with E-state index in [1.165, 1.54) is 12.1 Å². The molecule has 1 aromatic heterocycles. The van der Waals surface area contributed by atoms with Crippen molar-refractivity contribution in [3.8, 4) is 0 Å². The summed E-state index contributed by atoms with van der Waals surface area (Å²) in [7, 11) is 0. The van der Waals surface area contributed by atoms with Gasteiger partial charge in [-0.05, 0) is 35.9 Å². The average Bonchev–Trinajstić information content (AvgIpc) is 2.63. The van der Waals surface area contributed by atoms with E-state index in [1.807, 2.05) is 0 Å². The summed E-state index contributed by atoms with van der Waals surface area (Å²) in [5, 5.41) is 7.27. The smallest absolute Gasteiger partial charge is 0.313 e. The van der Waals surface area contributed by atoms with Crippen LogP contribution in [-0.2, 0) is 20.9 Å². The maximum atomic E-state index is 13.6. The van der Waals surface area contributed by atoms with Crippen LogP contribution in [-0.4, -0.2) is 29.3 Å². The highest BCUT2D eigenvalue weighted by Crippen LogP contribution is 2.18. The summed E-state index contributed by atoms with van der Waals surface area (Å²) in [5.74, 6) is -3.05. The van der Waals surface area contributed by atoms with E-state index in [9.17, 15) is 18.8 Å². The maximum absolute atomic E-state index is 13.6. The number of benzene rings is 1. The second kappa shape index (κ2) is 9.47. The Labute approximate surface area is 154 Å². The van der Waals surface area contributed by atoms with Gasteiger partial charge in [0.2, 0.25) is 5.91 Å². The Morgan fingerprint density at radius 2 is 1.77 bits per heavy atom. The molecule has 7 nitrogen and oxygen atoms in total. The molecule has 0 saturated carbocycles. The van der Waals surface area contributed by atoms with Gasteiger partial charge in [-0.2, -0.15) is 0 Å². The number of halogens is 2. The second-order valence-electron chi connectivity index (χ2n) is 5.22. The molecule has 0 aliphatic carbocycles. The minimum Gasteiger partial charge on any atom is -0.352 e. The lowest BCUT2D eigenvalue weighted by molar-refractivity contribution is -0.136. The van der Waals surface area contributed by atoms with Crippen LogP contribution in [0.3, 0.4) is 0 Å². The zero-order valence-electron chi connectivity index (χ0n) is 13.6. The van der Waals surface area contributed by atoms with Crippen molar-refractivity contribution in [1.29, 1.82) is 0 Å². The van der Waals surface area contributed by atoms with Crippen molar-refractivity contribution in [2.75, 3.05) is 11.9 Å². The number of hydrogen-bond acceptors (Lipinski definition) is 4. The van der Waals surface area contributed by atoms with Crippen LogP contribution in [0.4, 0.5) is 10.1 Å². The molecule has 1 aromatic carbocycles. The zero-order valence-corrected chi connectivity index (χ0v) is 14.3. The number of aromatic nitrogens is 1. The van der Waals surface area contributed by atoms with Gasteiger partial charge >= 0.3 is 11.8 Å². The van der Waals surface area contributed by atoms with E-state index in [4.69, 9.17) is 11.6 Å². The van der Waals surface area contributed by atoms with Gasteiger partial charge in [-0.15, -0.1) is 0 Å². The van der Waals surface area contributed by atoms with Crippen molar-refractivity contribution >= 4 is 35.0 Å². The van der Waals surface area contributed by atoms with Crippen molar-refractivity contribution in [2.24, 2.45) is 0 Å². The number of carbonyl (C=O) groups excluding carboxylic acids is 3. The molecule has 3 amide bonds. The largest absolute Gasteiger partial charge is 0.352 e. The van der Waals surface area contributed by atoms with Gasteiger partial charge in [-0.1, -0.05) is 11.6 Å². The van der Waals surface area contributed by atoms with Crippen LogP contribution >= 0.6 is 11.6 Å². The van der Waals surface area contributed by atoms with Crippen molar-refractivity contribution in [2.45, 2.75) is 13.0 Å². The van der Waals surface area contributed by atoms with E-state index in [0.717, 1.165) is 11.6 Å². The molecule has 0 atom stereocenters. The van der Waals surface area contributed by atoms with Crippen molar-refractivity contribution < 1.29 is 18.8 Å². The van der Waals surface area contributed by atoms with Crippen LogP contribution < -0.4 is 16.0 Å². The van der Waals surface area contributed by atoms with E-state index in [-0.39, 0.29) is 29.6 Å². The summed E-state index contributed by atoms with van der Waals surface area (Å²) in [6, 6.07) is 7.17. The summed E-state index contributed by atoms with van der Waals surface area (Å²) in [5.41, 5.74) is 0.728. The first kappa shape index (κ1) is 19.3. The van der Waals surface area contributed by atoms with E-state index < -0.39 is 17.6 Å². The Hall–Kier alpha value is -3.00. The lowest BCUT2D eigenvalue weighted by Crippen LogP contribution is -2.37. The molecule has 9 heteroatoms. The quantitative estimate of drug-likeness (QED) is 0.665. The molecule has 0 saturated heterocycles. The van der Waals surface area contributed by atoms with Gasteiger partial charge in [0, 0.05) is 36.9 Å². The summed E-state index contributed by atoms with van der Waals surface area (Å²) < 4.78 is 13.6. The molecule has 0 bridgehead atoms. The summed E-state index contributed by atoms with van der Waals surface area (Å²) in [6.07, 6.45) is 3.23. The number of hydrogen-bond donors (Lipinski definition) is 3. The first-order valence-corrected chi connectivity index (χ1v) is 8.03. The van der Waals surface area contributed by atoms with Crippen LogP contribution in [0, 0.1) is 5.82 Å². The highest BCUT2D eigenvalue weighted by molar-refractivity contribution is 6.39. The monoisotopic (exact) mass is 378 g/mol. The first-order valence-electron chi connectivity index (χ1n) is 7.65. The van der Waals surface area contributed by atoms with Crippen LogP contribution in [0.1, 0.15) is 12.0 Å². The third-order valence-corrected chi connectivity index (χ3v) is 3.50. The number of pyridine rings is 1. The number of carbonyl (C=O) groups is 3. The predicted molar refractivity (Wildman–Crippen MR) is 93.8 cm³/mol. The lowest BCUT2D eigenvalue weighted by atomic mass is 10.2. The van der Waals surface area contributed by atoms with Crippen molar-refractivity contribution in [3.05, 3.63) is 59.1 Å². The highest BCUT2D eigenvalue weighted by atomic mass is 35.5. The van der Waals surface area contributed by atoms with Gasteiger partial charge in [-0.25, -0.2) is 4.39 Å². The van der Waals surface area contributed by atoms with Crippen LogP contribution in [0.15, 0.2) is 42.7 Å². The van der Waals surface area contributed by atoms with Gasteiger partial charge in [0.15, 0.2) is 0 Å². The Balaban J connectivity index is 1.70. The van der Waals surface area contributed by atoms with E-state index >= 15 is 0 Å². The Kier molecular flexibility index (Phi) is 7.04. The molecule has 0 aliphatic heterocycles. The summed E-state index contributed by atoms with van der Waals surface area (Å²) in [6.45, 7) is 0.309. The number of amides is 3. The number of anilines is 1. The fraction of sp³-hybridized carbons (Fsp3) is 0.176. The topological polar surface area (TPSA) is 100 Å². The standard InChI is InChI=1S/C17H16ClFN4O3/c18-12-1-2-14(13(19)9-12)23-17(26)16(25)21-8-5-15(24)22-10-11-3-6-20-7-4-11/h1-4,6-7,9H,5,8,10H2,(H,21,25)(H,22,24)(H,23,26). The van der Waals surface area contributed by atoms with Crippen molar-refractivity contribution in [1.82, 2.24) is 15.6 Å². The Bertz CT molecular complexity index is 802. The van der Waals surface area contributed by atoms with Gasteiger partial charge in [0.1, 0.15) is 5.82 Å². The van der Waals surface area contributed by atoms with Crippen LogP contribution in [0.5, 0.6) is 0 Å². The molecule has 2 aromatic rings. The molecular formula is C17H16ClFN4O3. The molecule has 26 heavy (non-hydrogen) atoms. The van der Waals surface area contributed by atoms with Crippen LogP contribution in [0.25, 0.3) is 0 Å². The average molecular weight is 379 g/mol. The third-order valence-electron chi connectivity index (χ3n) is 3.26. The first-order chi connectivity index (χ1) is 12.5. The molecule has 0 spiro atoms. The SMILES string of the molecule is O=C(CCNC(=O)C(=O)Nc1ccc(Cl)cc1F)NCc1ccncc1. The lowest BCUT2D eigenvalue weighted by Gasteiger charge is -2.08. The molecule has 0 radical (unpaired) electrons. The number of rotatable bonds is 6. The highest BCUT2D eigenvalue weighted by Gasteiger charge is 2.15. The molecule has 3 N–H and O–H groups in total. The minimum absolute atomic E-state index is 0.000586. The van der Waals surface area contributed by atoms with Crippen LogP contribution in [0.2, 0.25) is 5.02 Å². The van der Waals surface area contributed by atoms with E-state index in [0.29, 0.717) is 6.54 Å². The summed E-state index contributed by atoms with van der Waals surface area (Å²) >= 11 is 5.61. The van der Waals surface area contributed by atoms with Gasteiger partial charge in [0.05, 0.1) is 5.69 Å². The summed E-state index contributed by atoms with van der Waals surface area (Å²) in [4.78, 5) is 38.9. The molecule has 136 valence electrons.